The van der Waals surface area contributed by atoms with Crippen LogP contribution in [0, 0.1) is 12.3 Å². The minimum absolute atomic E-state index is 0.00586. The molecule has 5 heteroatoms. The number of terminal acetylenes is 1. The highest BCUT2D eigenvalue weighted by molar-refractivity contribution is 5.70. The van der Waals surface area contributed by atoms with Gasteiger partial charge in [0, 0.05) is 6.42 Å². The topological polar surface area (TPSA) is 54.0 Å². The van der Waals surface area contributed by atoms with E-state index in [2.05, 4.69) is 5.92 Å². The summed E-state index contributed by atoms with van der Waals surface area (Å²) in [5, 5.41) is 0. The second-order valence-electron chi connectivity index (χ2n) is 3.90. The molecule has 0 saturated carbocycles. The van der Waals surface area contributed by atoms with Gasteiger partial charge in [-0.2, -0.15) is 0 Å². The molecule has 0 bridgehead atoms. The maximum Gasteiger partial charge on any atom is 0.307 e. The Hall–Kier alpha value is -2.35. The van der Waals surface area contributed by atoms with Crippen LogP contribution >= 0.6 is 0 Å². The van der Waals surface area contributed by atoms with Crippen molar-refractivity contribution in [2.45, 2.75) is 12.8 Å². The van der Waals surface area contributed by atoms with Gasteiger partial charge in [0.05, 0.1) is 21.3 Å². The molecule has 5 nitrogen and oxygen atoms in total. The SMILES string of the molecule is C#CCOC(=O)CCc1cc(OC)c(OC)c(OC)c1. The van der Waals surface area contributed by atoms with E-state index >= 15 is 0 Å². The molecule has 0 amide bonds. The lowest BCUT2D eigenvalue weighted by molar-refractivity contribution is -0.142. The molecule has 0 spiro atoms. The minimum Gasteiger partial charge on any atom is -0.493 e. The molecule has 0 atom stereocenters. The van der Waals surface area contributed by atoms with Crippen molar-refractivity contribution < 1.29 is 23.7 Å². The van der Waals surface area contributed by atoms with Gasteiger partial charge in [0.15, 0.2) is 18.1 Å². The molecule has 1 aromatic carbocycles. The van der Waals surface area contributed by atoms with Crippen LogP contribution in [0.5, 0.6) is 17.2 Å². The van der Waals surface area contributed by atoms with E-state index in [1.165, 1.54) is 7.11 Å². The second kappa shape index (κ2) is 7.95. The number of esters is 1. The first-order chi connectivity index (χ1) is 9.65. The van der Waals surface area contributed by atoms with Crippen LogP contribution < -0.4 is 14.2 Å². The zero-order valence-electron chi connectivity index (χ0n) is 11.9. The molecule has 0 aliphatic rings. The Morgan fingerprint density at radius 1 is 1.15 bits per heavy atom. The summed E-state index contributed by atoms with van der Waals surface area (Å²) in [6.45, 7) is -0.00586. The molecule has 0 unspecified atom stereocenters. The van der Waals surface area contributed by atoms with Gasteiger partial charge in [0.1, 0.15) is 0 Å². The van der Waals surface area contributed by atoms with Gasteiger partial charge in [0.25, 0.3) is 0 Å². The molecule has 0 aromatic heterocycles. The maximum absolute atomic E-state index is 11.4. The summed E-state index contributed by atoms with van der Waals surface area (Å²) in [4.78, 5) is 11.4. The van der Waals surface area contributed by atoms with E-state index in [0.717, 1.165) is 5.56 Å². The molecule has 0 N–H and O–H groups in total. The summed E-state index contributed by atoms with van der Waals surface area (Å²) in [5.41, 5.74) is 0.886. The first kappa shape index (κ1) is 15.7. The summed E-state index contributed by atoms with van der Waals surface area (Å²) < 4.78 is 20.5. The number of hydrogen-bond donors (Lipinski definition) is 0. The van der Waals surface area contributed by atoms with Crippen LogP contribution in [-0.2, 0) is 16.0 Å². The lowest BCUT2D eigenvalue weighted by Gasteiger charge is -2.13. The molecule has 0 heterocycles. The van der Waals surface area contributed by atoms with E-state index in [-0.39, 0.29) is 19.0 Å². The zero-order chi connectivity index (χ0) is 15.0. The predicted molar refractivity (Wildman–Crippen MR) is 74.2 cm³/mol. The van der Waals surface area contributed by atoms with Gasteiger partial charge < -0.3 is 18.9 Å². The molecular formula is C15H18O5. The average Bonchev–Trinajstić information content (AvgIpc) is 2.49. The largest absolute Gasteiger partial charge is 0.493 e. The second-order valence-corrected chi connectivity index (χ2v) is 3.90. The number of hydrogen-bond acceptors (Lipinski definition) is 5. The third-order valence-electron chi connectivity index (χ3n) is 2.66. The quantitative estimate of drug-likeness (QED) is 0.562. The van der Waals surface area contributed by atoms with E-state index in [1.807, 2.05) is 0 Å². The van der Waals surface area contributed by atoms with E-state index in [1.54, 1.807) is 26.4 Å². The number of rotatable bonds is 7. The molecule has 20 heavy (non-hydrogen) atoms. The van der Waals surface area contributed by atoms with Crippen molar-refractivity contribution >= 4 is 5.97 Å². The lowest BCUT2D eigenvalue weighted by Crippen LogP contribution is -2.06. The monoisotopic (exact) mass is 278 g/mol. The third kappa shape index (κ3) is 4.09. The standard InChI is InChI=1S/C15H18O5/c1-5-8-20-14(16)7-6-11-9-12(17-2)15(19-4)13(10-11)18-3/h1,9-10H,6-8H2,2-4H3. The molecular weight excluding hydrogens is 260 g/mol. The Bertz CT molecular complexity index is 476. The van der Waals surface area contributed by atoms with Gasteiger partial charge in [-0.15, -0.1) is 6.42 Å². The predicted octanol–water partition coefficient (Wildman–Crippen LogP) is 1.82. The lowest BCUT2D eigenvalue weighted by atomic mass is 10.1. The number of ether oxygens (including phenoxy) is 4. The highest BCUT2D eigenvalue weighted by Crippen LogP contribution is 2.38. The molecule has 108 valence electrons. The van der Waals surface area contributed by atoms with Crippen molar-refractivity contribution in [1.29, 1.82) is 0 Å². The van der Waals surface area contributed by atoms with E-state index in [9.17, 15) is 4.79 Å². The van der Waals surface area contributed by atoms with E-state index in [0.29, 0.717) is 23.7 Å². The van der Waals surface area contributed by atoms with Crippen molar-refractivity contribution in [3.05, 3.63) is 17.7 Å². The molecule has 0 saturated heterocycles. The van der Waals surface area contributed by atoms with E-state index in [4.69, 9.17) is 25.4 Å². The highest BCUT2D eigenvalue weighted by atomic mass is 16.5. The number of benzene rings is 1. The van der Waals surface area contributed by atoms with Crippen molar-refractivity contribution in [3.8, 4) is 29.6 Å². The van der Waals surface area contributed by atoms with Gasteiger partial charge in [-0.1, -0.05) is 5.92 Å². The first-order valence-corrected chi connectivity index (χ1v) is 6.04. The summed E-state index contributed by atoms with van der Waals surface area (Å²) >= 11 is 0. The van der Waals surface area contributed by atoms with Gasteiger partial charge in [-0.05, 0) is 24.1 Å². The number of carbonyl (C=O) groups is 1. The minimum atomic E-state index is -0.336. The summed E-state index contributed by atoms with van der Waals surface area (Å²) in [7, 11) is 4.63. The number of aryl methyl sites for hydroxylation is 1. The Morgan fingerprint density at radius 2 is 1.75 bits per heavy atom. The number of carbonyl (C=O) groups excluding carboxylic acids is 1. The number of methoxy groups -OCH3 is 3. The van der Waals surface area contributed by atoms with Gasteiger partial charge in [-0.25, -0.2) is 0 Å². The van der Waals surface area contributed by atoms with Crippen LogP contribution in [0.3, 0.4) is 0 Å². The van der Waals surface area contributed by atoms with Crippen LogP contribution in [0.4, 0.5) is 0 Å². The first-order valence-electron chi connectivity index (χ1n) is 6.04. The molecule has 0 aliphatic carbocycles. The van der Waals surface area contributed by atoms with Crippen LogP contribution in [-0.4, -0.2) is 33.9 Å². The summed E-state index contributed by atoms with van der Waals surface area (Å²) in [5.74, 6) is 3.54. The molecule has 0 fully saturated rings. The zero-order valence-corrected chi connectivity index (χ0v) is 11.9. The average molecular weight is 278 g/mol. The smallest absolute Gasteiger partial charge is 0.307 e. The van der Waals surface area contributed by atoms with Gasteiger partial charge in [-0.3, -0.25) is 4.79 Å². The summed E-state index contributed by atoms with van der Waals surface area (Å²) in [6, 6.07) is 3.60. The van der Waals surface area contributed by atoms with Crippen molar-refractivity contribution in [3.63, 3.8) is 0 Å². The maximum atomic E-state index is 11.4. The summed E-state index contributed by atoms with van der Waals surface area (Å²) in [6.07, 6.45) is 5.75. The highest BCUT2D eigenvalue weighted by Gasteiger charge is 2.14. The fourth-order valence-corrected chi connectivity index (χ4v) is 1.72. The third-order valence-corrected chi connectivity index (χ3v) is 2.66. The fraction of sp³-hybridized carbons (Fsp3) is 0.400. The van der Waals surface area contributed by atoms with Crippen LogP contribution in [0.15, 0.2) is 12.1 Å². The van der Waals surface area contributed by atoms with E-state index < -0.39 is 0 Å². The van der Waals surface area contributed by atoms with Crippen LogP contribution in [0.25, 0.3) is 0 Å². The van der Waals surface area contributed by atoms with Gasteiger partial charge >= 0.3 is 5.97 Å². The molecule has 0 radical (unpaired) electrons. The normalized spacial score (nSPS) is 9.50. The Labute approximate surface area is 118 Å². The van der Waals surface area contributed by atoms with Crippen molar-refractivity contribution in [1.82, 2.24) is 0 Å². The molecule has 0 aliphatic heterocycles. The molecule has 1 aromatic rings. The Kier molecular flexibility index (Phi) is 6.24. The Balaban J connectivity index is 2.81. The van der Waals surface area contributed by atoms with Crippen molar-refractivity contribution in [2.24, 2.45) is 0 Å². The Morgan fingerprint density at radius 3 is 2.20 bits per heavy atom. The molecule has 1 rings (SSSR count). The van der Waals surface area contributed by atoms with Gasteiger partial charge in [0.2, 0.25) is 5.75 Å². The van der Waals surface area contributed by atoms with Crippen molar-refractivity contribution in [2.75, 3.05) is 27.9 Å². The van der Waals surface area contributed by atoms with Crippen LogP contribution in [0.2, 0.25) is 0 Å². The van der Waals surface area contributed by atoms with Crippen LogP contribution in [0.1, 0.15) is 12.0 Å². The fourth-order valence-electron chi connectivity index (χ4n) is 1.72.